The van der Waals surface area contributed by atoms with Crippen LogP contribution in [-0.4, -0.2) is 44.2 Å². The first-order valence-corrected chi connectivity index (χ1v) is 6.07. The van der Waals surface area contributed by atoms with Crippen LogP contribution in [0, 0.1) is 20.8 Å². The first kappa shape index (κ1) is 14.7. The fourth-order valence-corrected chi connectivity index (χ4v) is 1.94. The summed E-state index contributed by atoms with van der Waals surface area (Å²) in [6.45, 7) is 7.56. The van der Waals surface area contributed by atoms with Crippen LogP contribution in [0.5, 0.6) is 0 Å². The van der Waals surface area contributed by atoms with Gasteiger partial charge in [-0.2, -0.15) is 0 Å². The molecule has 0 radical (unpaired) electrons. The number of ether oxygens (including phenoxy) is 1. The standard InChI is InChI=1S/C13H22N2O3/c1-9-10(2)18-11(3)12(9)13(16)15(6-5-14)7-8-17-4/h5-8,14H2,1-4H3. The summed E-state index contributed by atoms with van der Waals surface area (Å²) in [7, 11) is 1.61. The average Bonchev–Trinajstić information content (AvgIpc) is 2.58. The molecular formula is C13H22N2O3. The molecule has 18 heavy (non-hydrogen) atoms. The Kier molecular flexibility index (Phi) is 5.37. The maximum atomic E-state index is 12.5. The highest BCUT2D eigenvalue weighted by Crippen LogP contribution is 2.22. The summed E-state index contributed by atoms with van der Waals surface area (Å²) < 4.78 is 10.5. The lowest BCUT2D eigenvalue weighted by Crippen LogP contribution is -2.38. The average molecular weight is 254 g/mol. The Morgan fingerprint density at radius 3 is 2.39 bits per heavy atom. The number of nitrogens with zero attached hydrogens (tertiary/aromatic N) is 1. The minimum atomic E-state index is -0.0376. The predicted molar refractivity (Wildman–Crippen MR) is 69.8 cm³/mol. The summed E-state index contributed by atoms with van der Waals surface area (Å²) in [6.07, 6.45) is 0. The topological polar surface area (TPSA) is 68.7 Å². The van der Waals surface area contributed by atoms with Crippen LogP contribution in [-0.2, 0) is 4.74 Å². The van der Waals surface area contributed by atoms with E-state index in [0.717, 1.165) is 11.3 Å². The third kappa shape index (κ3) is 3.11. The first-order valence-electron chi connectivity index (χ1n) is 6.07. The molecule has 0 spiro atoms. The Morgan fingerprint density at radius 2 is 1.94 bits per heavy atom. The zero-order valence-corrected chi connectivity index (χ0v) is 11.6. The van der Waals surface area contributed by atoms with E-state index in [2.05, 4.69) is 0 Å². The Balaban J connectivity index is 2.94. The van der Waals surface area contributed by atoms with E-state index in [9.17, 15) is 4.79 Å². The number of methoxy groups -OCH3 is 1. The third-order valence-corrected chi connectivity index (χ3v) is 3.03. The molecule has 5 heteroatoms. The maximum absolute atomic E-state index is 12.5. The molecule has 0 saturated carbocycles. The largest absolute Gasteiger partial charge is 0.466 e. The fourth-order valence-electron chi connectivity index (χ4n) is 1.94. The summed E-state index contributed by atoms with van der Waals surface area (Å²) in [4.78, 5) is 14.2. The Hall–Kier alpha value is -1.33. The normalized spacial score (nSPS) is 10.7. The van der Waals surface area contributed by atoms with Gasteiger partial charge in [0.1, 0.15) is 11.5 Å². The van der Waals surface area contributed by atoms with E-state index in [1.807, 2.05) is 20.8 Å². The van der Waals surface area contributed by atoms with Gasteiger partial charge in [0.05, 0.1) is 12.2 Å². The third-order valence-electron chi connectivity index (χ3n) is 3.03. The first-order chi connectivity index (χ1) is 8.52. The molecule has 0 aliphatic heterocycles. The number of carbonyl (C=O) groups is 1. The van der Waals surface area contributed by atoms with Gasteiger partial charge in [-0.1, -0.05) is 0 Å². The summed E-state index contributed by atoms with van der Waals surface area (Å²) in [5.41, 5.74) is 7.09. The molecule has 0 saturated heterocycles. The molecule has 0 bridgehead atoms. The molecule has 1 rings (SSSR count). The van der Waals surface area contributed by atoms with Crippen molar-refractivity contribution in [3.8, 4) is 0 Å². The highest BCUT2D eigenvalue weighted by Gasteiger charge is 2.23. The van der Waals surface area contributed by atoms with Gasteiger partial charge in [-0.3, -0.25) is 4.79 Å². The van der Waals surface area contributed by atoms with E-state index in [0.29, 0.717) is 37.6 Å². The second kappa shape index (κ2) is 6.56. The van der Waals surface area contributed by atoms with Crippen LogP contribution in [0.25, 0.3) is 0 Å². The number of aryl methyl sites for hydroxylation is 2. The van der Waals surface area contributed by atoms with E-state index < -0.39 is 0 Å². The minimum absolute atomic E-state index is 0.0376. The Bertz CT molecular complexity index is 413. The van der Waals surface area contributed by atoms with Crippen molar-refractivity contribution in [1.29, 1.82) is 0 Å². The van der Waals surface area contributed by atoms with Gasteiger partial charge in [0.25, 0.3) is 5.91 Å². The predicted octanol–water partition coefficient (Wildman–Crippen LogP) is 1.25. The van der Waals surface area contributed by atoms with Crippen LogP contribution in [0.3, 0.4) is 0 Å². The number of carbonyl (C=O) groups excluding carboxylic acids is 1. The highest BCUT2D eigenvalue weighted by molar-refractivity contribution is 5.96. The molecule has 2 N–H and O–H groups in total. The van der Waals surface area contributed by atoms with Gasteiger partial charge in [0.2, 0.25) is 0 Å². The molecule has 0 aromatic carbocycles. The molecule has 0 atom stereocenters. The van der Waals surface area contributed by atoms with Crippen molar-refractivity contribution < 1.29 is 13.9 Å². The number of hydrogen-bond acceptors (Lipinski definition) is 4. The quantitative estimate of drug-likeness (QED) is 0.829. The Morgan fingerprint density at radius 1 is 1.28 bits per heavy atom. The zero-order chi connectivity index (χ0) is 13.7. The second-order valence-electron chi connectivity index (χ2n) is 4.29. The number of hydrogen-bond donors (Lipinski definition) is 1. The summed E-state index contributed by atoms with van der Waals surface area (Å²) in [5, 5.41) is 0. The lowest BCUT2D eigenvalue weighted by atomic mass is 10.1. The summed E-state index contributed by atoms with van der Waals surface area (Å²) >= 11 is 0. The van der Waals surface area contributed by atoms with E-state index in [4.69, 9.17) is 14.9 Å². The van der Waals surface area contributed by atoms with Gasteiger partial charge < -0.3 is 19.8 Å². The Labute approximate surface area is 108 Å². The van der Waals surface area contributed by atoms with E-state index in [-0.39, 0.29) is 5.91 Å². The summed E-state index contributed by atoms with van der Waals surface area (Å²) in [5.74, 6) is 1.41. The monoisotopic (exact) mass is 254 g/mol. The zero-order valence-electron chi connectivity index (χ0n) is 11.6. The lowest BCUT2D eigenvalue weighted by Gasteiger charge is -2.21. The lowest BCUT2D eigenvalue weighted by molar-refractivity contribution is 0.0699. The number of amides is 1. The van der Waals surface area contributed by atoms with Crippen LogP contribution < -0.4 is 5.73 Å². The van der Waals surface area contributed by atoms with Crippen LogP contribution in [0.2, 0.25) is 0 Å². The van der Waals surface area contributed by atoms with Gasteiger partial charge in [-0.05, 0) is 20.8 Å². The van der Waals surface area contributed by atoms with Gasteiger partial charge in [0.15, 0.2) is 0 Å². The van der Waals surface area contributed by atoms with Gasteiger partial charge in [-0.25, -0.2) is 0 Å². The molecule has 1 aromatic rings. The SMILES string of the molecule is COCCN(CCN)C(=O)c1c(C)oc(C)c1C. The molecule has 0 fully saturated rings. The second-order valence-corrected chi connectivity index (χ2v) is 4.29. The van der Waals surface area contributed by atoms with Crippen molar-refractivity contribution in [2.75, 3.05) is 33.4 Å². The van der Waals surface area contributed by atoms with Crippen LogP contribution in [0.15, 0.2) is 4.42 Å². The molecule has 0 aliphatic rings. The van der Waals surface area contributed by atoms with Gasteiger partial charge in [0, 0.05) is 32.3 Å². The molecule has 0 aliphatic carbocycles. The number of furan rings is 1. The van der Waals surface area contributed by atoms with Crippen molar-refractivity contribution in [2.24, 2.45) is 5.73 Å². The molecule has 0 unspecified atom stereocenters. The molecule has 5 nitrogen and oxygen atoms in total. The van der Waals surface area contributed by atoms with Crippen LogP contribution in [0.1, 0.15) is 27.4 Å². The molecule has 1 aromatic heterocycles. The molecule has 102 valence electrons. The maximum Gasteiger partial charge on any atom is 0.257 e. The summed E-state index contributed by atoms with van der Waals surface area (Å²) in [6, 6.07) is 0. The molecule has 1 amide bonds. The van der Waals surface area contributed by atoms with E-state index in [1.165, 1.54) is 0 Å². The number of nitrogens with two attached hydrogens (primary N) is 1. The molecule has 1 heterocycles. The number of rotatable bonds is 6. The minimum Gasteiger partial charge on any atom is -0.466 e. The van der Waals surface area contributed by atoms with Crippen molar-refractivity contribution in [2.45, 2.75) is 20.8 Å². The smallest absolute Gasteiger partial charge is 0.257 e. The van der Waals surface area contributed by atoms with Gasteiger partial charge >= 0.3 is 0 Å². The van der Waals surface area contributed by atoms with E-state index in [1.54, 1.807) is 12.0 Å². The highest BCUT2D eigenvalue weighted by atomic mass is 16.5. The van der Waals surface area contributed by atoms with Crippen LogP contribution >= 0.6 is 0 Å². The fraction of sp³-hybridized carbons (Fsp3) is 0.615. The van der Waals surface area contributed by atoms with E-state index >= 15 is 0 Å². The van der Waals surface area contributed by atoms with Crippen LogP contribution in [0.4, 0.5) is 0 Å². The van der Waals surface area contributed by atoms with Crippen molar-refractivity contribution in [3.63, 3.8) is 0 Å². The molecular weight excluding hydrogens is 232 g/mol. The van der Waals surface area contributed by atoms with Crippen molar-refractivity contribution >= 4 is 5.91 Å². The van der Waals surface area contributed by atoms with Crippen molar-refractivity contribution in [3.05, 3.63) is 22.6 Å². The van der Waals surface area contributed by atoms with Crippen molar-refractivity contribution in [1.82, 2.24) is 4.90 Å². The van der Waals surface area contributed by atoms with Gasteiger partial charge in [-0.15, -0.1) is 0 Å².